The Balaban J connectivity index is 2.24. The largest absolute Gasteiger partial charge is 0.414 e. The second-order valence-corrected chi connectivity index (χ2v) is 26.8. The van der Waals surface area contributed by atoms with Crippen LogP contribution in [0.15, 0.2) is 9.59 Å². The minimum Gasteiger partial charge on any atom is -0.414 e. The predicted molar refractivity (Wildman–Crippen MR) is 180 cm³/mol. The van der Waals surface area contributed by atoms with E-state index in [0.717, 1.165) is 65.7 Å². The summed E-state index contributed by atoms with van der Waals surface area (Å²) in [5.74, 6) is -0.0411. The monoisotopic (exact) mass is 658 g/mol. The van der Waals surface area contributed by atoms with Gasteiger partial charge in [-0.2, -0.15) is 4.98 Å². The average molecular weight is 659 g/mol. The van der Waals surface area contributed by atoms with Crippen LogP contribution in [-0.4, -0.2) is 64.4 Å². The number of aromatic nitrogens is 3. The Kier molecular flexibility index (Phi) is 12.4. The molecule has 0 aliphatic carbocycles. The zero-order chi connectivity index (χ0) is 31.3. The third-order valence-electron chi connectivity index (χ3n) is 10.2. The fourth-order valence-corrected chi connectivity index (χ4v) is 15.5. The van der Waals surface area contributed by atoms with Crippen LogP contribution in [0.4, 0.5) is 5.95 Å². The first-order chi connectivity index (χ1) is 20.0. The highest BCUT2D eigenvalue weighted by Gasteiger charge is 2.53. The lowest BCUT2D eigenvalue weighted by molar-refractivity contribution is -0.0473. The Morgan fingerprint density at radius 1 is 0.810 bits per heavy atom. The zero-order valence-electron chi connectivity index (χ0n) is 27.2. The number of hydrogen-bond acceptors (Lipinski definition) is 9. The number of nitrogens with two attached hydrogens (primary N) is 1. The molecule has 0 saturated carbocycles. The molecule has 0 bridgehead atoms. The molecule has 0 radical (unpaired) electrons. The Hall–Kier alpha value is -1.14. The SMILES string of the molecule is CC[Si](CC)(CC)OC[C@H]1O[C@@H](n2c(=O)sc3c(=O)[nH]c(N)nc32)C(O[Si](CC)(CC)CC)[C@@H]1O[Si](CC)(CC)CC. The second-order valence-electron chi connectivity index (χ2n) is 11.6. The molecule has 2 aromatic rings. The summed E-state index contributed by atoms with van der Waals surface area (Å²) >= 11 is 0.861. The molecule has 3 rings (SSSR count). The summed E-state index contributed by atoms with van der Waals surface area (Å²) < 4.78 is 29.9. The molecule has 4 atom stereocenters. The van der Waals surface area contributed by atoms with Crippen molar-refractivity contribution >= 4 is 52.6 Å². The van der Waals surface area contributed by atoms with Gasteiger partial charge in [0, 0.05) is 0 Å². The number of anilines is 1. The quantitative estimate of drug-likeness (QED) is 0.186. The van der Waals surface area contributed by atoms with Gasteiger partial charge in [0.25, 0.3) is 5.56 Å². The van der Waals surface area contributed by atoms with Gasteiger partial charge in [0.2, 0.25) is 5.95 Å². The van der Waals surface area contributed by atoms with Crippen molar-refractivity contribution in [1.82, 2.24) is 14.5 Å². The molecule has 1 aliphatic rings. The van der Waals surface area contributed by atoms with Crippen LogP contribution in [0.3, 0.4) is 0 Å². The van der Waals surface area contributed by atoms with Gasteiger partial charge in [-0.3, -0.25) is 19.1 Å². The van der Waals surface area contributed by atoms with Crippen molar-refractivity contribution in [3.05, 3.63) is 20.0 Å². The van der Waals surface area contributed by atoms with Crippen LogP contribution < -0.4 is 16.2 Å². The van der Waals surface area contributed by atoms with Crippen molar-refractivity contribution in [1.29, 1.82) is 0 Å². The highest BCUT2D eigenvalue weighted by molar-refractivity contribution is 7.16. The van der Waals surface area contributed by atoms with E-state index < -0.39 is 55.1 Å². The van der Waals surface area contributed by atoms with Crippen molar-refractivity contribution in [2.24, 2.45) is 0 Å². The first kappa shape index (κ1) is 35.3. The van der Waals surface area contributed by atoms with Gasteiger partial charge in [0.15, 0.2) is 36.8 Å². The zero-order valence-corrected chi connectivity index (χ0v) is 31.0. The summed E-state index contributed by atoms with van der Waals surface area (Å²) in [7, 11) is -6.28. The summed E-state index contributed by atoms with van der Waals surface area (Å²) in [6.45, 7) is 20.3. The number of hydrogen-bond donors (Lipinski definition) is 2. The van der Waals surface area contributed by atoms with E-state index in [1.165, 1.54) is 4.57 Å². The number of aromatic amines is 1. The summed E-state index contributed by atoms with van der Waals surface area (Å²) in [4.78, 5) is 33.0. The van der Waals surface area contributed by atoms with E-state index in [0.29, 0.717) is 6.61 Å². The molecule has 10 nitrogen and oxygen atoms in total. The molecule has 3 N–H and O–H groups in total. The summed E-state index contributed by atoms with van der Waals surface area (Å²) in [6, 6.07) is 8.83. The van der Waals surface area contributed by atoms with Gasteiger partial charge in [-0.1, -0.05) is 73.7 Å². The van der Waals surface area contributed by atoms with Crippen molar-refractivity contribution < 1.29 is 18.0 Å². The lowest BCUT2D eigenvalue weighted by Gasteiger charge is -2.40. The van der Waals surface area contributed by atoms with Gasteiger partial charge in [-0.15, -0.1) is 0 Å². The van der Waals surface area contributed by atoms with E-state index in [1.807, 2.05) is 0 Å². The first-order valence-electron chi connectivity index (χ1n) is 16.1. The molecule has 3 heterocycles. The van der Waals surface area contributed by atoms with Gasteiger partial charge >= 0.3 is 4.87 Å². The van der Waals surface area contributed by atoms with Gasteiger partial charge in [-0.05, 0) is 54.4 Å². The number of nitrogens with one attached hydrogen (secondary N) is 1. The van der Waals surface area contributed by atoms with Crippen LogP contribution in [-0.2, 0) is 18.0 Å². The van der Waals surface area contributed by atoms with Crippen LogP contribution in [0.1, 0.15) is 68.5 Å². The van der Waals surface area contributed by atoms with Gasteiger partial charge in [-0.25, -0.2) is 0 Å². The number of nitrogen functional groups attached to an aromatic ring is 1. The van der Waals surface area contributed by atoms with E-state index in [-0.39, 0.29) is 21.2 Å². The predicted octanol–water partition coefficient (Wildman–Crippen LogP) is 6.43. The molecule has 42 heavy (non-hydrogen) atoms. The standard InChI is InChI=1S/C28H54N4O6SSi3/c1-10-40(11-2,12-3)35-19-20-21(37-41(13-4,14-5)15-6)22(38-42(16-7,17-8)18-9)26(36-20)32-24-23(39-28(32)34)25(33)31-27(29)30-24/h20-22,26H,10-19H2,1-9H3,(H3,29,30,31,33)/t20-,21-,22?,26-/m1/s1. The van der Waals surface area contributed by atoms with Gasteiger partial charge < -0.3 is 23.7 Å². The molecule has 0 aromatic carbocycles. The third kappa shape index (κ3) is 6.90. The first-order valence-corrected chi connectivity index (χ1v) is 24.5. The fraction of sp³-hybridized carbons (Fsp3) is 0.821. The second kappa shape index (κ2) is 14.8. The molecule has 1 fully saturated rings. The fourth-order valence-electron chi connectivity index (χ4n) is 6.38. The number of rotatable bonds is 17. The highest BCUT2D eigenvalue weighted by atomic mass is 32.1. The molecule has 0 spiro atoms. The average Bonchev–Trinajstić information content (AvgIpc) is 3.51. The highest BCUT2D eigenvalue weighted by Crippen LogP contribution is 2.41. The number of thiazole rings is 1. The Morgan fingerprint density at radius 2 is 1.29 bits per heavy atom. The van der Waals surface area contributed by atoms with E-state index in [2.05, 4.69) is 72.3 Å². The molecule has 240 valence electrons. The van der Waals surface area contributed by atoms with Gasteiger partial charge in [0.05, 0.1) is 6.61 Å². The summed E-state index contributed by atoms with van der Waals surface area (Å²) in [5.41, 5.74) is 5.76. The Morgan fingerprint density at radius 3 is 1.76 bits per heavy atom. The number of H-pyrrole nitrogens is 1. The molecule has 2 aromatic heterocycles. The summed E-state index contributed by atoms with van der Waals surface area (Å²) in [6.07, 6.45) is -2.18. The number of fused-ring (bicyclic) bond motifs is 1. The van der Waals surface area contributed by atoms with Crippen LogP contribution in [0.25, 0.3) is 10.3 Å². The van der Waals surface area contributed by atoms with E-state index >= 15 is 0 Å². The van der Waals surface area contributed by atoms with Crippen molar-refractivity contribution in [3.8, 4) is 0 Å². The third-order valence-corrected chi connectivity index (χ3v) is 25.0. The maximum absolute atomic E-state index is 13.6. The molecule has 1 saturated heterocycles. The molecule has 1 aliphatic heterocycles. The number of ether oxygens (including phenoxy) is 1. The summed E-state index contributed by atoms with van der Waals surface area (Å²) in [5, 5.41) is 0. The molecule has 1 unspecified atom stereocenters. The molecular formula is C28H54N4O6SSi3. The van der Waals surface area contributed by atoms with E-state index in [9.17, 15) is 9.59 Å². The normalized spacial score (nSPS) is 21.9. The van der Waals surface area contributed by atoms with Crippen LogP contribution in [0.5, 0.6) is 0 Å². The molecular weight excluding hydrogens is 605 g/mol. The number of nitrogens with zero attached hydrogens (tertiary/aromatic N) is 2. The van der Waals surface area contributed by atoms with Crippen molar-refractivity contribution in [2.75, 3.05) is 12.3 Å². The maximum atomic E-state index is 13.6. The van der Waals surface area contributed by atoms with E-state index in [4.69, 9.17) is 23.7 Å². The molecule has 14 heteroatoms. The van der Waals surface area contributed by atoms with Crippen LogP contribution >= 0.6 is 11.3 Å². The topological polar surface area (TPSA) is 131 Å². The minimum atomic E-state index is -2.20. The Bertz CT molecular complexity index is 1250. The van der Waals surface area contributed by atoms with Crippen LogP contribution in [0, 0.1) is 0 Å². The smallest absolute Gasteiger partial charge is 0.311 e. The minimum absolute atomic E-state index is 0.0411. The lowest BCUT2D eigenvalue weighted by Crippen LogP contribution is -2.52. The van der Waals surface area contributed by atoms with E-state index in [1.54, 1.807) is 0 Å². The van der Waals surface area contributed by atoms with Crippen LogP contribution in [0.2, 0.25) is 54.4 Å². The van der Waals surface area contributed by atoms with Crippen molar-refractivity contribution in [3.63, 3.8) is 0 Å². The lowest BCUT2D eigenvalue weighted by atomic mass is 10.1. The maximum Gasteiger partial charge on any atom is 0.311 e. The van der Waals surface area contributed by atoms with Crippen molar-refractivity contribution in [2.45, 2.75) is 141 Å². The van der Waals surface area contributed by atoms with Gasteiger partial charge in [0.1, 0.15) is 23.0 Å². The Labute approximate surface area is 258 Å². The molecule has 0 amide bonds.